The number of rotatable bonds is 4. The van der Waals surface area contributed by atoms with E-state index in [-0.39, 0.29) is 11.8 Å². The maximum absolute atomic E-state index is 11.3. The van der Waals surface area contributed by atoms with Crippen molar-refractivity contribution in [2.45, 2.75) is 20.8 Å². The van der Waals surface area contributed by atoms with Gasteiger partial charge in [-0.2, -0.15) is 0 Å². The van der Waals surface area contributed by atoms with Crippen LogP contribution in [0, 0.1) is 11.8 Å². The fourth-order valence-corrected chi connectivity index (χ4v) is 0.714. The second-order valence-electron chi connectivity index (χ2n) is 3.27. The molecular formula is C9H16ClNO. The topological polar surface area (TPSA) is 29.1 Å². The molecule has 1 N–H and O–H groups in total. The van der Waals surface area contributed by atoms with Gasteiger partial charge in [-0.25, -0.2) is 0 Å². The molecule has 0 heterocycles. The average molecular weight is 190 g/mol. The zero-order valence-electron chi connectivity index (χ0n) is 7.86. The summed E-state index contributed by atoms with van der Waals surface area (Å²) in [6, 6.07) is 0. The lowest BCUT2D eigenvalue weighted by Crippen LogP contribution is -2.32. The average Bonchev–Trinajstić information content (AvgIpc) is 1.98. The minimum Gasteiger partial charge on any atom is -0.351 e. The quantitative estimate of drug-likeness (QED) is 0.722. The molecule has 0 spiro atoms. The van der Waals surface area contributed by atoms with Gasteiger partial charge in [-0.15, -0.1) is 0 Å². The van der Waals surface area contributed by atoms with E-state index in [1.807, 2.05) is 20.8 Å². The lowest BCUT2D eigenvalue weighted by molar-refractivity contribution is -0.125. The van der Waals surface area contributed by atoms with Crippen LogP contribution in [0.2, 0.25) is 0 Å². The van der Waals surface area contributed by atoms with Gasteiger partial charge < -0.3 is 5.32 Å². The molecule has 0 aromatic rings. The molecule has 0 saturated heterocycles. The number of nitrogens with one attached hydrogen (secondary N) is 1. The van der Waals surface area contributed by atoms with Crippen molar-refractivity contribution in [2.75, 3.05) is 6.54 Å². The van der Waals surface area contributed by atoms with Gasteiger partial charge in [0.05, 0.1) is 6.54 Å². The number of hydrogen-bond donors (Lipinski definition) is 1. The van der Waals surface area contributed by atoms with Gasteiger partial charge in [0.1, 0.15) is 0 Å². The number of halogens is 1. The van der Waals surface area contributed by atoms with Crippen LogP contribution >= 0.6 is 11.6 Å². The van der Waals surface area contributed by atoms with Crippen LogP contribution in [-0.2, 0) is 4.79 Å². The monoisotopic (exact) mass is 189 g/mol. The van der Waals surface area contributed by atoms with Crippen molar-refractivity contribution in [1.29, 1.82) is 0 Å². The van der Waals surface area contributed by atoms with Gasteiger partial charge in [0.2, 0.25) is 5.91 Å². The lowest BCUT2D eigenvalue weighted by atomic mass is 9.97. The summed E-state index contributed by atoms with van der Waals surface area (Å²) in [6.07, 6.45) is 0. The van der Waals surface area contributed by atoms with Gasteiger partial charge in [-0.3, -0.25) is 4.79 Å². The van der Waals surface area contributed by atoms with Crippen molar-refractivity contribution >= 4 is 17.5 Å². The number of carbonyl (C=O) groups is 1. The highest BCUT2D eigenvalue weighted by atomic mass is 35.5. The first-order chi connectivity index (χ1) is 5.45. The van der Waals surface area contributed by atoms with Gasteiger partial charge in [-0.05, 0) is 5.92 Å². The Kier molecular flexibility index (Phi) is 4.98. The van der Waals surface area contributed by atoms with Crippen LogP contribution in [0.3, 0.4) is 0 Å². The number of carbonyl (C=O) groups excluding carboxylic acids is 1. The number of amides is 1. The summed E-state index contributed by atoms with van der Waals surface area (Å²) < 4.78 is 0. The van der Waals surface area contributed by atoms with Crippen LogP contribution in [-0.4, -0.2) is 12.5 Å². The molecule has 0 bridgehead atoms. The first kappa shape index (κ1) is 11.5. The van der Waals surface area contributed by atoms with Crippen molar-refractivity contribution in [2.24, 2.45) is 11.8 Å². The van der Waals surface area contributed by atoms with Crippen molar-refractivity contribution in [3.05, 3.63) is 11.6 Å². The highest BCUT2D eigenvalue weighted by Crippen LogP contribution is 2.09. The summed E-state index contributed by atoms with van der Waals surface area (Å²) >= 11 is 5.50. The molecule has 0 aromatic carbocycles. The van der Waals surface area contributed by atoms with Gasteiger partial charge in [-0.1, -0.05) is 39.0 Å². The summed E-state index contributed by atoms with van der Waals surface area (Å²) in [5, 5.41) is 3.15. The molecule has 0 aromatic heterocycles. The molecule has 0 aliphatic heterocycles. The fraction of sp³-hybridized carbons (Fsp3) is 0.667. The molecule has 0 fully saturated rings. The lowest BCUT2D eigenvalue weighted by Gasteiger charge is -2.14. The molecule has 0 saturated carbocycles. The molecule has 0 radical (unpaired) electrons. The molecule has 2 nitrogen and oxygen atoms in total. The minimum absolute atomic E-state index is 0.0287. The molecule has 1 atom stereocenters. The fourth-order valence-electron chi connectivity index (χ4n) is 0.647. The van der Waals surface area contributed by atoms with E-state index in [1.165, 1.54) is 0 Å². The second kappa shape index (κ2) is 5.20. The van der Waals surface area contributed by atoms with Crippen molar-refractivity contribution in [1.82, 2.24) is 5.32 Å². The highest BCUT2D eigenvalue weighted by Gasteiger charge is 2.15. The zero-order valence-corrected chi connectivity index (χ0v) is 8.61. The van der Waals surface area contributed by atoms with Crippen molar-refractivity contribution < 1.29 is 4.79 Å². The zero-order chi connectivity index (χ0) is 9.72. The van der Waals surface area contributed by atoms with E-state index >= 15 is 0 Å². The Balaban J connectivity index is 3.80. The molecule has 1 unspecified atom stereocenters. The Morgan fingerprint density at radius 1 is 1.50 bits per heavy atom. The van der Waals surface area contributed by atoms with E-state index in [0.29, 0.717) is 17.5 Å². The van der Waals surface area contributed by atoms with Gasteiger partial charge in [0.15, 0.2) is 0 Å². The van der Waals surface area contributed by atoms with Crippen LogP contribution in [0.1, 0.15) is 20.8 Å². The maximum Gasteiger partial charge on any atom is 0.223 e. The number of hydrogen-bond acceptors (Lipinski definition) is 1. The van der Waals surface area contributed by atoms with E-state index < -0.39 is 0 Å². The Labute approximate surface area is 79.0 Å². The van der Waals surface area contributed by atoms with Crippen LogP contribution in [0.5, 0.6) is 0 Å². The summed E-state index contributed by atoms with van der Waals surface area (Å²) in [5.74, 6) is 0.418. The Morgan fingerprint density at radius 3 is 2.33 bits per heavy atom. The third-order valence-electron chi connectivity index (χ3n) is 1.87. The predicted molar refractivity (Wildman–Crippen MR) is 52.0 cm³/mol. The molecule has 1 amide bonds. The minimum atomic E-state index is 0.0287. The van der Waals surface area contributed by atoms with Crippen LogP contribution in [0.4, 0.5) is 0 Å². The maximum atomic E-state index is 11.3. The van der Waals surface area contributed by atoms with Gasteiger partial charge in [0, 0.05) is 11.0 Å². The Hall–Kier alpha value is -0.500. The Morgan fingerprint density at radius 2 is 2.00 bits per heavy atom. The summed E-state index contributed by atoms with van der Waals surface area (Å²) in [5.41, 5.74) is 0. The largest absolute Gasteiger partial charge is 0.351 e. The SMILES string of the molecule is C=C(Cl)CNC(=O)C(C)C(C)C. The van der Waals surface area contributed by atoms with Crippen molar-refractivity contribution in [3.8, 4) is 0 Å². The molecule has 3 heteroatoms. The molecule has 0 rings (SSSR count). The molecule has 0 aliphatic rings. The standard InChI is InChI=1S/C9H16ClNO/c1-6(2)8(4)9(12)11-5-7(3)10/h6,8H,3,5H2,1-2,4H3,(H,11,12). The van der Waals surface area contributed by atoms with Crippen LogP contribution in [0.15, 0.2) is 11.6 Å². The Bertz CT molecular complexity index is 177. The van der Waals surface area contributed by atoms with Crippen LogP contribution in [0.25, 0.3) is 0 Å². The van der Waals surface area contributed by atoms with E-state index in [0.717, 1.165) is 0 Å². The van der Waals surface area contributed by atoms with Crippen molar-refractivity contribution in [3.63, 3.8) is 0 Å². The first-order valence-electron chi connectivity index (χ1n) is 4.06. The third kappa shape index (κ3) is 4.39. The third-order valence-corrected chi connectivity index (χ3v) is 2.00. The molecule has 70 valence electrons. The normalized spacial score (nSPS) is 12.8. The first-order valence-corrected chi connectivity index (χ1v) is 4.44. The summed E-state index contributed by atoms with van der Waals surface area (Å²) in [4.78, 5) is 11.3. The van der Waals surface area contributed by atoms with E-state index in [4.69, 9.17) is 11.6 Å². The molecular weight excluding hydrogens is 174 g/mol. The smallest absolute Gasteiger partial charge is 0.223 e. The van der Waals surface area contributed by atoms with Crippen LogP contribution < -0.4 is 5.32 Å². The summed E-state index contributed by atoms with van der Waals surface area (Å²) in [6.45, 7) is 9.77. The van der Waals surface area contributed by atoms with Gasteiger partial charge >= 0.3 is 0 Å². The molecule has 12 heavy (non-hydrogen) atoms. The van der Waals surface area contributed by atoms with Gasteiger partial charge in [0.25, 0.3) is 0 Å². The predicted octanol–water partition coefficient (Wildman–Crippen LogP) is 2.15. The second-order valence-corrected chi connectivity index (χ2v) is 3.80. The summed E-state index contributed by atoms with van der Waals surface area (Å²) in [7, 11) is 0. The molecule has 0 aliphatic carbocycles. The highest BCUT2D eigenvalue weighted by molar-refractivity contribution is 6.29. The van der Waals surface area contributed by atoms with E-state index in [9.17, 15) is 4.79 Å². The van der Waals surface area contributed by atoms with E-state index in [1.54, 1.807) is 0 Å². The van der Waals surface area contributed by atoms with E-state index in [2.05, 4.69) is 11.9 Å².